The summed E-state index contributed by atoms with van der Waals surface area (Å²) in [4.78, 5) is 0. The van der Waals surface area contributed by atoms with Crippen LogP contribution in [0.15, 0.2) is 36.4 Å². The fourth-order valence-electron chi connectivity index (χ4n) is 1.75. The summed E-state index contributed by atoms with van der Waals surface area (Å²) in [6, 6.07) is 13.5. The molecule has 0 atom stereocenters. The van der Waals surface area contributed by atoms with Gasteiger partial charge in [-0.1, -0.05) is 24.3 Å². The normalized spacial score (nSPS) is 9.95. The Hall–Kier alpha value is -1.74. The van der Waals surface area contributed by atoms with Crippen molar-refractivity contribution in [1.82, 2.24) is 0 Å². The van der Waals surface area contributed by atoms with E-state index in [0.29, 0.717) is 23.6 Å². The zero-order valence-electron chi connectivity index (χ0n) is 10.5. The Morgan fingerprint density at radius 1 is 1.32 bits per heavy atom. The lowest BCUT2D eigenvalue weighted by molar-refractivity contribution is 0.305. The van der Waals surface area contributed by atoms with Crippen molar-refractivity contribution in [1.29, 1.82) is 5.26 Å². The summed E-state index contributed by atoms with van der Waals surface area (Å²) in [6.07, 6.45) is 0. The molecule has 2 N–H and O–H groups in total. The second-order valence-corrected chi connectivity index (χ2v) is 5.37. The first-order valence-electron chi connectivity index (χ1n) is 5.78. The zero-order valence-corrected chi connectivity index (χ0v) is 12.6. The Kier molecular flexibility index (Phi) is 4.27. The van der Waals surface area contributed by atoms with E-state index < -0.39 is 0 Å². The molecule has 0 saturated heterocycles. The van der Waals surface area contributed by atoms with Crippen LogP contribution in [-0.2, 0) is 6.61 Å². The average Bonchev–Trinajstić information content (AvgIpc) is 2.39. The summed E-state index contributed by atoms with van der Waals surface area (Å²) < 4.78 is 6.64. The Morgan fingerprint density at radius 2 is 2.05 bits per heavy atom. The first kappa shape index (κ1) is 13.7. The highest BCUT2D eigenvalue weighted by molar-refractivity contribution is 14.1. The summed E-state index contributed by atoms with van der Waals surface area (Å²) in [5.41, 5.74) is 9.27. The van der Waals surface area contributed by atoms with Gasteiger partial charge in [0.1, 0.15) is 6.61 Å². The van der Waals surface area contributed by atoms with E-state index >= 15 is 0 Å². The summed E-state index contributed by atoms with van der Waals surface area (Å²) >= 11 is 2.13. The number of aryl methyl sites for hydroxylation is 1. The molecule has 0 fully saturated rings. The van der Waals surface area contributed by atoms with Gasteiger partial charge < -0.3 is 10.5 Å². The van der Waals surface area contributed by atoms with Gasteiger partial charge in [-0.3, -0.25) is 0 Å². The van der Waals surface area contributed by atoms with E-state index in [1.165, 1.54) is 5.56 Å². The van der Waals surface area contributed by atoms with Crippen LogP contribution in [0.1, 0.15) is 16.7 Å². The molecule has 4 heteroatoms. The van der Waals surface area contributed by atoms with Crippen molar-refractivity contribution in [3.05, 3.63) is 56.7 Å². The van der Waals surface area contributed by atoms with Crippen molar-refractivity contribution in [2.75, 3.05) is 5.73 Å². The predicted molar refractivity (Wildman–Crippen MR) is 83.8 cm³/mol. The standard InChI is InChI=1S/C15H13IN2O/c1-10-4-2-3-5-12(10)9-19-15-13(16)6-11(8-17)7-14(15)18/h2-7H,9,18H2,1H3. The van der Waals surface area contributed by atoms with Gasteiger partial charge in [0.05, 0.1) is 20.9 Å². The molecule has 0 aliphatic heterocycles. The molecule has 0 spiro atoms. The third-order valence-corrected chi connectivity index (χ3v) is 3.64. The third-order valence-electron chi connectivity index (χ3n) is 2.83. The molecule has 0 aliphatic carbocycles. The minimum atomic E-state index is 0.471. The molecule has 2 aromatic rings. The van der Waals surface area contributed by atoms with Crippen LogP contribution in [0.4, 0.5) is 5.69 Å². The lowest BCUT2D eigenvalue weighted by Gasteiger charge is -2.12. The van der Waals surface area contributed by atoms with Gasteiger partial charge in [0.15, 0.2) is 5.75 Å². The fraction of sp³-hybridized carbons (Fsp3) is 0.133. The van der Waals surface area contributed by atoms with Crippen LogP contribution in [0, 0.1) is 21.8 Å². The highest BCUT2D eigenvalue weighted by Crippen LogP contribution is 2.30. The Labute approximate surface area is 126 Å². The van der Waals surface area contributed by atoms with Crippen LogP contribution in [0.25, 0.3) is 0 Å². The number of hydrogen-bond acceptors (Lipinski definition) is 3. The highest BCUT2D eigenvalue weighted by Gasteiger charge is 2.09. The van der Waals surface area contributed by atoms with Gasteiger partial charge in [-0.2, -0.15) is 5.26 Å². The molecule has 2 rings (SSSR count). The molecule has 0 bridgehead atoms. The van der Waals surface area contributed by atoms with Gasteiger partial charge in [0.25, 0.3) is 0 Å². The molecule has 19 heavy (non-hydrogen) atoms. The maximum absolute atomic E-state index is 8.87. The number of benzene rings is 2. The lowest BCUT2D eigenvalue weighted by Crippen LogP contribution is -2.02. The molecule has 0 aliphatic rings. The molecule has 3 nitrogen and oxygen atoms in total. The van der Waals surface area contributed by atoms with Crippen molar-refractivity contribution in [3.8, 4) is 11.8 Å². The summed E-state index contributed by atoms with van der Waals surface area (Å²) in [7, 11) is 0. The minimum Gasteiger partial charge on any atom is -0.486 e. The highest BCUT2D eigenvalue weighted by atomic mass is 127. The number of ether oxygens (including phenoxy) is 1. The number of nitrogens with two attached hydrogens (primary N) is 1. The van der Waals surface area contributed by atoms with Gasteiger partial charge in [0.2, 0.25) is 0 Å². The number of rotatable bonds is 3. The van der Waals surface area contributed by atoms with Crippen molar-refractivity contribution >= 4 is 28.3 Å². The Balaban J connectivity index is 2.21. The number of hydrogen-bond donors (Lipinski definition) is 1. The smallest absolute Gasteiger partial charge is 0.156 e. The predicted octanol–water partition coefficient (Wildman–Crippen LogP) is 3.63. The maximum Gasteiger partial charge on any atom is 0.156 e. The van der Waals surface area contributed by atoms with Crippen molar-refractivity contribution < 1.29 is 4.74 Å². The second-order valence-electron chi connectivity index (χ2n) is 4.20. The van der Waals surface area contributed by atoms with E-state index in [4.69, 9.17) is 15.7 Å². The number of nitrogens with zero attached hydrogens (tertiary/aromatic N) is 1. The topological polar surface area (TPSA) is 59.0 Å². The maximum atomic E-state index is 8.87. The molecule has 0 radical (unpaired) electrons. The molecule has 0 unspecified atom stereocenters. The van der Waals surface area contributed by atoms with Gasteiger partial charge in [-0.25, -0.2) is 0 Å². The van der Waals surface area contributed by atoms with E-state index in [9.17, 15) is 0 Å². The first-order valence-corrected chi connectivity index (χ1v) is 6.86. The van der Waals surface area contributed by atoms with E-state index in [2.05, 4.69) is 28.7 Å². The Bertz CT molecular complexity index is 624. The summed E-state index contributed by atoms with van der Waals surface area (Å²) in [6.45, 7) is 2.52. The largest absolute Gasteiger partial charge is 0.486 e. The van der Waals surface area contributed by atoms with E-state index in [0.717, 1.165) is 9.13 Å². The zero-order chi connectivity index (χ0) is 13.8. The number of anilines is 1. The van der Waals surface area contributed by atoms with Crippen LogP contribution in [0.3, 0.4) is 0 Å². The quantitative estimate of drug-likeness (QED) is 0.668. The van der Waals surface area contributed by atoms with Crippen molar-refractivity contribution in [3.63, 3.8) is 0 Å². The number of nitriles is 1. The molecule has 0 aromatic heterocycles. The monoisotopic (exact) mass is 364 g/mol. The van der Waals surface area contributed by atoms with Crippen LogP contribution >= 0.6 is 22.6 Å². The van der Waals surface area contributed by atoms with Crippen LogP contribution in [0.2, 0.25) is 0 Å². The fourth-order valence-corrected chi connectivity index (χ4v) is 2.56. The number of nitrogen functional groups attached to an aromatic ring is 1. The third kappa shape index (κ3) is 3.18. The van der Waals surface area contributed by atoms with E-state index in [-0.39, 0.29) is 0 Å². The first-order chi connectivity index (χ1) is 9.11. The SMILES string of the molecule is Cc1ccccc1COc1c(N)cc(C#N)cc1I. The van der Waals surface area contributed by atoms with Crippen LogP contribution < -0.4 is 10.5 Å². The van der Waals surface area contributed by atoms with E-state index in [1.54, 1.807) is 12.1 Å². The van der Waals surface area contributed by atoms with Crippen molar-refractivity contribution in [2.45, 2.75) is 13.5 Å². The molecule has 2 aromatic carbocycles. The van der Waals surface area contributed by atoms with E-state index in [1.807, 2.05) is 31.2 Å². The van der Waals surface area contributed by atoms with Gasteiger partial charge in [0, 0.05) is 0 Å². The molecule has 96 valence electrons. The van der Waals surface area contributed by atoms with Crippen LogP contribution in [0.5, 0.6) is 5.75 Å². The Morgan fingerprint density at radius 3 is 2.68 bits per heavy atom. The number of halogens is 1. The van der Waals surface area contributed by atoms with Crippen LogP contribution in [-0.4, -0.2) is 0 Å². The lowest BCUT2D eigenvalue weighted by atomic mass is 10.1. The summed E-state index contributed by atoms with van der Waals surface area (Å²) in [5, 5.41) is 8.87. The van der Waals surface area contributed by atoms with Gasteiger partial charge >= 0.3 is 0 Å². The molecule has 0 heterocycles. The van der Waals surface area contributed by atoms with Crippen molar-refractivity contribution in [2.24, 2.45) is 0 Å². The molecular formula is C15H13IN2O. The van der Waals surface area contributed by atoms with Gasteiger partial charge in [-0.05, 0) is 52.8 Å². The van der Waals surface area contributed by atoms with Gasteiger partial charge in [-0.15, -0.1) is 0 Å². The average molecular weight is 364 g/mol. The molecule has 0 saturated carbocycles. The minimum absolute atomic E-state index is 0.471. The molecule has 0 amide bonds. The summed E-state index contributed by atoms with van der Waals surface area (Å²) in [5.74, 6) is 0.642. The second kappa shape index (κ2) is 5.93. The molecular weight excluding hydrogens is 351 g/mol.